The molecule has 236 valence electrons. The summed E-state index contributed by atoms with van der Waals surface area (Å²) in [7, 11) is 1.34. The van der Waals surface area contributed by atoms with E-state index in [1.807, 2.05) is 62.4 Å². The number of alkyl carbamates (subject to hydrolysis) is 1. The highest BCUT2D eigenvalue weighted by atomic mass is 16.6. The summed E-state index contributed by atoms with van der Waals surface area (Å²) >= 11 is 0. The van der Waals surface area contributed by atoms with Gasteiger partial charge in [0, 0.05) is 20.1 Å². The van der Waals surface area contributed by atoms with Crippen LogP contribution in [0.15, 0.2) is 67.3 Å². The van der Waals surface area contributed by atoms with Gasteiger partial charge in [-0.25, -0.2) is 4.79 Å². The Kier molecular flexibility index (Phi) is 14.2. The number of ether oxygens (including phenoxy) is 3. The van der Waals surface area contributed by atoms with Crippen LogP contribution in [0.1, 0.15) is 52.2 Å². The number of rotatable bonds is 16. The molecule has 4 N–H and O–H groups in total. The molecule has 3 amide bonds. The third-order valence-corrected chi connectivity index (χ3v) is 6.46. The highest BCUT2D eigenvalue weighted by Crippen LogP contribution is 2.17. The van der Waals surface area contributed by atoms with Crippen molar-refractivity contribution in [2.75, 3.05) is 13.7 Å². The summed E-state index contributed by atoms with van der Waals surface area (Å²) in [5.41, 5.74) is 1.16. The van der Waals surface area contributed by atoms with Gasteiger partial charge in [-0.05, 0) is 56.4 Å². The monoisotopic (exact) mass is 597 g/mol. The molecule has 2 aromatic carbocycles. The Labute approximate surface area is 255 Å². The van der Waals surface area contributed by atoms with Crippen molar-refractivity contribution < 1.29 is 33.7 Å². The van der Waals surface area contributed by atoms with Crippen LogP contribution < -0.4 is 20.7 Å². The lowest BCUT2D eigenvalue weighted by Crippen LogP contribution is -2.54. The molecule has 2 aromatic rings. The number of allylic oxidation sites excluding steroid dienone is 1. The smallest absolute Gasteiger partial charge is 0.408 e. The summed E-state index contributed by atoms with van der Waals surface area (Å²) in [4.78, 5) is 38.8. The highest BCUT2D eigenvalue weighted by Gasteiger charge is 2.33. The first-order valence-corrected chi connectivity index (χ1v) is 14.5. The number of nitrogens with one attached hydrogen (secondary N) is 3. The number of carbonyl (C=O) groups is 3. The molecule has 0 bridgehead atoms. The molecule has 0 fully saturated rings. The molecule has 43 heavy (non-hydrogen) atoms. The van der Waals surface area contributed by atoms with Gasteiger partial charge in [0.25, 0.3) is 0 Å². The van der Waals surface area contributed by atoms with Gasteiger partial charge in [0.2, 0.25) is 11.8 Å². The van der Waals surface area contributed by atoms with Crippen LogP contribution in [0.5, 0.6) is 5.75 Å². The van der Waals surface area contributed by atoms with Gasteiger partial charge in [-0.2, -0.15) is 0 Å². The van der Waals surface area contributed by atoms with E-state index in [4.69, 9.17) is 14.2 Å². The van der Waals surface area contributed by atoms with Crippen LogP contribution in [0.25, 0.3) is 0 Å². The fraction of sp³-hybridized carbons (Fsp3) is 0.485. The van der Waals surface area contributed by atoms with E-state index >= 15 is 0 Å². The molecule has 10 heteroatoms. The molecule has 0 aliphatic carbocycles. The molecule has 0 aliphatic heterocycles. The topological polar surface area (TPSA) is 135 Å². The minimum Gasteiger partial charge on any atom is -0.491 e. The number of hydrogen-bond donors (Lipinski definition) is 4. The Bertz CT molecular complexity index is 1180. The maximum atomic E-state index is 13.2. The number of carbonyl (C=O) groups excluding carboxylic acids is 3. The van der Waals surface area contributed by atoms with E-state index in [0.29, 0.717) is 18.7 Å². The van der Waals surface area contributed by atoms with Crippen molar-refractivity contribution in [2.24, 2.45) is 5.92 Å². The van der Waals surface area contributed by atoms with Gasteiger partial charge in [0.1, 0.15) is 30.1 Å². The van der Waals surface area contributed by atoms with Crippen molar-refractivity contribution in [3.05, 3.63) is 78.4 Å². The van der Waals surface area contributed by atoms with Gasteiger partial charge in [-0.3, -0.25) is 9.59 Å². The zero-order chi connectivity index (χ0) is 32.0. The third kappa shape index (κ3) is 12.9. The second-order valence-corrected chi connectivity index (χ2v) is 11.7. The van der Waals surface area contributed by atoms with E-state index < -0.39 is 41.9 Å². The van der Waals surface area contributed by atoms with E-state index in [2.05, 4.69) is 22.5 Å². The van der Waals surface area contributed by atoms with Crippen molar-refractivity contribution >= 4 is 17.9 Å². The third-order valence-electron chi connectivity index (χ3n) is 6.46. The number of hydrogen-bond acceptors (Lipinski definition) is 7. The normalized spacial score (nSPS) is 14.1. The van der Waals surface area contributed by atoms with Crippen molar-refractivity contribution in [3.8, 4) is 5.75 Å². The molecule has 0 aliphatic rings. The quantitative estimate of drug-likeness (QED) is 0.216. The van der Waals surface area contributed by atoms with Gasteiger partial charge < -0.3 is 35.3 Å². The maximum Gasteiger partial charge on any atom is 0.408 e. The number of amides is 3. The van der Waals surface area contributed by atoms with Crippen LogP contribution in [0.4, 0.5) is 4.79 Å². The zero-order valence-electron chi connectivity index (χ0n) is 26.1. The Morgan fingerprint density at radius 3 is 2.26 bits per heavy atom. The van der Waals surface area contributed by atoms with E-state index in [1.165, 1.54) is 7.11 Å². The number of benzene rings is 2. The first-order valence-electron chi connectivity index (χ1n) is 14.5. The number of aliphatic hydroxyl groups is 1. The largest absolute Gasteiger partial charge is 0.491 e. The van der Waals surface area contributed by atoms with Crippen LogP contribution in [-0.4, -0.2) is 66.6 Å². The number of aliphatic hydroxyl groups excluding tert-OH is 1. The lowest BCUT2D eigenvalue weighted by molar-refractivity contribution is -0.137. The van der Waals surface area contributed by atoms with Crippen LogP contribution in [0, 0.1) is 5.92 Å². The molecule has 0 saturated heterocycles. The fourth-order valence-corrected chi connectivity index (χ4v) is 4.19. The van der Waals surface area contributed by atoms with Gasteiger partial charge in [0.15, 0.2) is 0 Å². The maximum absolute atomic E-state index is 13.2. The Morgan fingerprint density at radius 1 is 0.977 bits per heavy atom. The molecule has 10 nitrogen and oxygen atoms in total. The summed E-state index contributed by atoms with van der Waals surface area (Å²) in [6, 6.07) is 15.1. The summed E-state index contributed by atoms with van der Waals surface area (Å²) in [5, 5.41) is 19.5. The first-order chi connectivity index (χ1) is 20.3. The van der Waals surface area contributed by atoms with Gasteiger partial charge in [-0.1, -0.05) is 62.4 Å². The molecule has 0 heterocycles. The standard InChI is InChI=1S/C33H47N3O7/c1-8-13-23-16-12-17-25(18-23)42-21-26(35-32(40)43-33(4,5)6)27(37)19-28(41-7)30(38)36-29(22(2)3)31(39)34-20-24-14-10-9-11-15-24/h8-12,14-18,22,26-29,37H,1,13,19-21H2,2-7H3,(H,34,39)(H,35,40)(H,36,38)/t26-,27+,28+,29-/m0/s1. The summed E-state index contributed by atoms with van der Waals surface area (Å²) in [6.07, 6.45) is -0.859. The molecular formula is C33H47N3O7. The van der Waals surface area contributed by atoms with E-state index in [9.17, 15) is 19.5 Å². The van der Waals surface area contributed by atoms with E-state index in [1.54, 1.807) is 32.9 Å². The molecule has 0 unspecified atom stereocenters. The van der Waals surface area contributed by atoms with Crippen LogP contribution in [0.2, 0.25) is 0 Å². The highest BCUT2D eigenvalue weighted by molar-refractivity contribution is 5.89. The summed E-state index contributed by atoms with van der Waals surface area (Å²) in [5.74, 6) is -0.567. The van der Waals surface area contributed by atoms with Crippen LogP contribution in [-0.2, 0) is 32.0 Å². The Morgan fingerprint density at radius 2 is 1.65 bits per heavy atom. The predicted molar refractivity (Wildman–Crippen MR) is 165 cm³/mol. The molecule has 0 saturated carbocycles. The fourth-order valence-electron chi connectivity index (χ4n) is 4.19. The van der Waals surface area contributed by atoms with Crippen molar-refractivity contribution in [1.29, 1.82) is 0 Å². The lowest BCUT2D eigenvalue weighted by Gasteiger charge is -2.29. The second-order valence-electron chi connectivity index (χ2n) is 11.7. The second kappa shape index (κ2) is 17.3. The van der Waals surface area contributed by atoms with E-state index in [-0.39, 0.29) is 24.9 Å². The summed E-state index contributed by atoms with van der Waals surface area (Å²) < 4.78 is 16.7. The van der Waals surface area contributed by atoms with Crippen molar-refractivity contribution in [2.45, 2.75) is 83.9 Å². The molecule has 2 rings (SSSR count). The number of methoxy groups -OCH3 is 1. The van der Waals surface area contributed by atoms with Crippen molar-refractivity contribution in [1.82, 2.24) is 16.0 Å². The Hall–Kier alpha value is -3.89. The first kappa shape index (κ1) is 35.3. The average molecular weight is 598 g/mol. The molecule has 0 spiro atoms. The molecule has 4 atom stereocenters. The lowest BCUT2D eigenvalue weighted by atomic mass is 10.0. The molecule has 0 aromatic heterocycles. The van der Waals surface area contributed by atoms with Gasteiger partial charge in [-0.15, -0.1) is 6.58 Å². The van der Waals surface area contributed by atoms with Gasteiger partial charge in [0.05, 0.1) is 12.1 Å². The Balaban J connectivity index is 2.11. The predicted octanol–water partition coefficient (Wildman–Crippen LogP) is 3.91. The van der Waals surface area contributed by atoms with E-state index in [0.717, 1.165) is 11.1 Å². The minimum absolute atomic E-state index is 0.105. The summed E-state index contributed by atoms with van der Waals surface area (Å²) in [6.45, 7) is 12.8. The SMILES string of the molecule is C=CCc1cccc(OC[C@H](NC(=O)OC(C)(C)C)[C@H](O)C[C@@H](OC)C(=O)N[C@H](C(=O)NCc2ccccc2)C(C)C)c1. The van der Waals surface area contributed by atoms with Crippen molar-refractivity contribution in [3.63, 3.8) is 0 Å². The minimum atomic E-state index is -1.26. The zero-order valence-corrected chi connectivity index (χ0v) is 26.1. The van der Waals surface area contributed by atoms with Crippen LogP contribution >= 0.6 is 0 Å². The van der Waals surface area contributed by atoms with Crippen LogP contribution in [0.3, 0.4) is 0 Å². The molecular weight excluding hydrogens is 550 g/mol. The average Bonchev–Trinajstić information content (AvgIpc) is 2.95. The molecule has 0 radical (unpaired) electrons. The van der Waals surface area contributed by atoms with Gasteiger partial charge >= 0.3 is 6.09 Å².